The normalized spacial score (nSPS) is 10.7. The lowest BCUT2D eigenvalue weighted by molar-refractivity contribution is 0.0528. The zero-order valence-corrected chi connectivity index (χ0v) is 11.2. The third-order valence-corrected chi connectivity index (χ3v) is 3.24. The molecule has 0 unspecified atom stereocenters. The maximum atomic E-state index is 12.0. The van der Waals surface area contributed by atoms with Crippen molar-refractivity contribution < 1.29 is 9.53 Å². The van der Waals surface area contributed by atoms with Crippen LogP contribution < -0.4 is 0 Å². The minimum absolute atomic E-state index is 0.282. The van der Waals surface area contributed by atoms with Gasteiger partial charge in [-0.2, -0.15) is 0 Å². The highest BCUT2D eigenvalue weighted by molar-refractivity contribution is 5.98. The lowest BCUT2D eigenvalue weighted by atomic mass is 10.1. The van der Waals surface area contributed by atoms with E-state index in [-0.39, 0.29) is 5.97 Å². The first-order chi connectivity index (χ1) is 9.79. The van der Waals surface area contributed by atoms with E-state index in [0.29, 0.717) is 12.2 Å². The predicted octanol–water partition coefficient (Wildman–Crippen LogP) is 3.78. The Hall–Kier alpha value is -2.55. The predicted molar refractivity (Wildman–Crippen MR) is 78.8 cm³/mol. The summed E-state index contributed by atoms with van der Waals surface area (Å²) in [6.07, 6.45) is 3.96. The highest BCUT2D eigenvalue weighted by Crippen LogP contribution is 2.24. The first kappa shape index (κ1) is 12.5. The molecule has 0 aliphatic carbocycles. The molecule has 0 aliphatic rings. The molecule has 3 rings (SSSR count). The molecule has 0 amide bonds. The standard InChI is InChI=1S/C17H15NO2/c1-2-20-17(19)15-9-6-10-18-12-14(11-16(15)18)13-7-4-3-5-8-13/h3-12H,2H2,1H3. The zero-order chi connectivity index (χ0) is 13.9. The Morgan fingerprint density at radius 1 is 1.10 bits per heavy atom. The first-order valence-corrected chi connectivity index (χ1v) is 6.63. The number of nitrogens with zero attached hydrogens (tertiary/aromatic N) is 1. The molecule has 0 saturated heterocycles. The molecule has 0 saturated carbocycles. The SMILES string of the molecule is CCOC(=O)c1cccn2cc(-c3ccccc3)cc12. The number of pyridine rings is 1. The Balaban J connectivity index is 2.12. The van der Waals surface area contributed by atoms with E-state index in [1.54, 1.807) is 6.07 Å². The number of carbonyl (C=O) groups is 1. The molecule has 0 bridgehead atoms. The largest absolute Gasteiger partial charge is 0.462 e. The van der Waals surface area contributed by atoms with Gasteiger partial charge in [0, 0.05) is 18.0 Å². The van der Waals surface area contributed by atoms with E-state index >= 15 is 0 Å². The van der Waals surface area contributed by atoms with Gasteiger partial charge < -0.3 is 9.14 Å². The van der Waals surface area contributed by atoms with Crippen molar-refractivity contribution in [3.63, 3.8) is 0 Å². The fraction of sp³-hybridized carbons (Fsp3) is 0.118. The van der Waals surface area contributed by atoms with Crippen LogP contribution in [0.15, 0.2) is 60.9 Å². The van der Waals surface area contributed by atoms with Crippen LogP contribution in [0.3, 0.4) is 0 Å². The molecular formula is C17H15NO2. The number of ether oxygens (including phenoxy) is 1. The maximum absolute atomic E-state index is 12.0. The van der Waals surface area contributed by atoms with Gasteiger partial charge >= 0.3 is 5.97 Å². The number of carbonyl (C=O) groups excluding carboxylic acids is 1. The van der Waals surface area contributed by atoms with Gasteiger partial charge in [0.2, 0.25) is 0 Å². The van der Waals surface area contributed by atoms with Crippen molar-refractivity contribution in [2.75, 3.05) is 6.61 Å². The Labute approximate surface area is 117 Å². The topological polar surface area (TPSA) is 30.7 Å². The fourth-order valence-corrected chi connectivity index (χ4v) is 2.31. The summed E-state index contributed by atoms with van der Waals surface area (Å²) >= 11 is 0. The molecule has 0 fully saturated rings. The minimum Gasteiger partial charge on any atom is -0.462 e. The van der Waals surface area contributed by atoms with E-state index in [9.17, 15) is 4.79 Å². The molecular weight excluding hydrogens is 250 g/mol. The Bertz CT molecular complexity index is 744. The van der Waals surface area contributed by atoms with E-state index in [1.807, 2.05) is 54.0 Å². The number of benzene rings is 1. The van der Waals surface area contributed by atoms with E-state index in [2.05, 4.69) is 12.1 Å². The molecule has 0 aliphatic heterocycles. The van der Waals surface area contributed by atoms with Crippen molar-refractivity contribution in [2.45, 2.75) is 6.92 Å². The van der Waals surface area contributed by atoms with Gasteiger partial charge in [0.1, 0.15) is 0 Å². The van der Waals surface area contributed by atoms with Gasteiger partial charge in [-0.15, -0.1) is 0 Å². The minimum atomic E-state index is -0.282. The van der Waals surface area contributed by atoms with Crippen LogP contribution in [0.1, 0.15) is 17.3 Å². The lowest BCUT2D eigenvalue weighted by Gasteiger charge is -2.03. The highest BCUT2D eigenvalue weighted by Gasteiger charge is 2.12. The summed E-state index contributed by atoms with van der Waals surface area (Å²) in [4.78, 5) is 12.0. The van der Waals surface area contributed by atoms with Crippen molar-refractivity contribution in [3.8, 4) is 11.1 Å². The van der Waals surface area contributed by atoms with Crippen LogP contribution in [0.4, 0.5) is 0 Å². The number of fused-ring (bicyclic) bond motifs is 1. The summed E-state index contributed by atoms with van der Waals surface area (Å²) in [5, 5.41) is 0. The average molecular weight is 265 g/mol. The third kappa shape index (κ3) is 2.18. The number of rotatable bonds is 3. The average Bonchev–Trinajstić information content (AvgIpc) is 2.92. The number of esters is 1. The molecule has 0 atom stereocenters. The molecule has 1 aromatic carbocycles. The summed E-state index contributed by atoms with van der Waals surface area (Å²) < 4.78 is 7.05. The highest BCUT2D eigenvalue weighted by atomic mass is 16.5. The summed E-state index contributed by atoms with van der Waals surface area (Å²) in [7, 11) is 0. The van der Waals surface area contributed by atoms with Gasteiger partial charge in [0.15, 0.2) is 0 Å². The van der Waals surface area contributed by atoms with Gasteiger partial charge in [0.25, 0.3) is 0 Å². The quantitative estimate of drug-likeness (QED) is 0.675. The summed E-state index contributed by atoms with van der Waals surface area (Å²) in [6.45, 7) is 2.19. The molecule has 3 aromatic rings. The summed E-state index contributed by atoms with van der Waals surface area (Å²) in [6, 6.07) is 15.8. The van der Waals surface area contributed by atoms with Crippen LogP contribution in [-0.2, 0) is 4.74 Å². The third-order valence-electron chi connectivity index (χ3n) is 3.24. The van der Waals surface area contributed by atoms with Crippen LogP contribution in [0.5, 0.6) is 0 Å². The smallest absolute Gasteiger partial charge is 0.340 e. The van der Waals surface area contributed by atoms with Crippen molar-refractivity contribution in [3.05, 3.63) is 66.5 Å². The van der Waals surface area contributed by atoms with Gasteiger partial charge in [-0.25, -0.2) is 4.79 Å². The Morgan fingerprint density at radius 2 is 1.90 bits per heavy atom. The lowest BCUT2D eigenvalue weighted by Crippen LogP contribution is -2.05. The molecule has 100 valence electrons. The van der Waals surface area contributed by atoms with Crippen molar-refractivity contribution in [1.82, 2.24) is 4.40 Å². The molecule has 2 heterocycles. The Kier molecular flexibility index (Phi) is 3.25. The second kappa shape index (κ2) is 5.21. The summed E-state index contributed by atoms with van der Waals surface area (Å²) in [5.41, 5.74) is 3.68. The van der Waals surface area contributed by atoms with Crippen LogP contribution in [-0.4, -0.2) is 17.0 Å². The monoisotopic (exact) mass is 265 g/mol. The second-order valence-electron chi connectivity index (χ2n) is 4.53. The van der Waals surface area contributed by atoms with Gasteiger partial charge in [-0.05, 0) is 30.7 Å². The van der Waals surface area contributed by atoms with Crippen LogP contribution in [0.2, 0.25) is 0 Å². The van der Waals surface area contributed by atoms with E-state index < -0.39 is 0 Å². The van der Waals surface area contributed by atoms with Crippen LogP contribution in [0, 0.1) is 0 Å². The summed E-state index contributed by atoms with van der Waals surface area (Å²) in [5.74, 6) is -0.282. The molecule has 0 radical (unpaired) electrons. The fourth-order valence-electron chi connectivity index (χ4n) is 2.31. The molecule has 20 heavy (non-hydrogen) atoms. The number of hydrogen-bond acceptors (Lipinski definition) is 2. The van der Waals surface area contributed by atoms with E-state index in [4.69, 9.17) is 4.74 Å². The van der Waals surface area contributed by atoms with Gasteiger partial charge in [0.05, 0.1) is 17.7 Å². The second-order valence-corrected chi connectivity index (χ2v) is 4.53. The number of hydrogen-bond donors (Lipinski definition) is 0. The van der Waals surface area contributed by atoms with Crippen molar-refractivity contribution in [1.29, 1.82) is 0 Å². The van der Waals surface area contributed by atoms with Gasteiger partial charge in [-0.1, -0.05) is 30.3 Å². The first-order valence-electron chi connectivity index (χ1n) is 6.63. The molecule has 2 aromatic heterocycles. The zero-order valence-electron chi connectivity index (χ0n) is 11.2. The Morgan fingerprint density at radius 3 is 2.65 bits per heavy atom. The molecule has 3 heteroatoms. The van der Waals surface area contributed by atoms with Crippen LogP contribution in [0.25, 0.3) is 16.6 Å². The maximum Gasteiger partial charge on any atom is 0.340 e. The van der Waals surface area contributed by atoms with E-state index in [0.717, 1.165) is 16.6 Å². The molecule has 3 nitrogen and oxygen atoms in total. The molecule has 0 spiro atoms. The van der Waals surface area contributed by atoms with Crippen LogP contribution >= 0.6 is 0 Å². The van der Waals surface area contributed by atoms with E-state index in [1.165, 1.54) is 0 Å². The van der Waals surface area contributed by atoms with Crippen molar-refractivity contribution in [2.24, 2.45) is 0 Å². The van der Waals surface area contributed by atoms with Gasteiger partial charge in [-0.3, -0.25) is 0 Å². The number of aromatic nitrogens is 1. The van der Waals surface area contributed by atoms with Crippen molar-refractivity contribution >= 4 is 11.5 Å². The molecule has 0 N–H and O–H groups in total.